The van der Waals surface area contributed by atoms with Gasteiger partial charge < -0.3 is 9.67 Å². The van der Waals surface area contributed by atoms with Crippen LogP contribution in [0.15, 0.2) is 60.7 Å². The molecule has 0 aliphatic heterocycles. The van der Waals surface area contributed by atoms with Gasteiger partial charge in [-0.1, -0.05) is 73.5 Å². The van der Waals surface area contributed by atoms with E-state index < -0.39 is 12.7 Å². The van der Waals surface area contributed by atoms with Crippen molar-refractivity contribution in [2.45, 2.75) is 45.1 Å². The SMILES string of the molecule is CC(C)(O)CCCCCP(=O)(c1ccccc1)c1ccccc1. The molecule has 0 amide bonds. The van der Waals surface area contributed by atoms with Crippen molar-refractivity contribution in [3.63, 3.8) is 0 Å². The Balaban J connectivity index is 2.09. The summed E-state index contributed by atoms with van der Waals surface area (Å²) in [6, 6.07) is 19.7. The van der Waals surface area contributed by atoms with E-state index in [-0.39, 0.29) is 0 Å². The molecule has 2 nitrogen and oxygen atoms in total. The van der Waals surface area contributed by atoms with Gasteiger partial charge in [0.15, 0.2) is 0 Å². The maximum atomic E-state index is 13.7. The van der Waals surface area contributed by atoms with Crippen LogP contribution in [0.5, 0.6) is 0 Å². The molecule has 1 N–H and O–H groups in total. The van der Waals surface area contributed by atoms with Crippen molar-refractivity contribution in [1.82, 2.24) is 0 Å². The van der Waals surface area contributed by atoms with E-state index >= 15 is 0 Å². The number of unbranched alkanes of at least 4 members (excludes halogenated alkanes) is 2. The van der Waals surface area contributed by atoms with Crippen LogP contribution in [-0.4, -0.2) is 16.9 Å². The quantitative estimate of drug-likeness (QED) is 0.578. The summed E-state index contributed by atoms with van der Waals surface area (Å²) in [7, 11) is -2.57. The minimum atomic E-state index is -2.57. The lowest BCUT2D eigenvalue weighted by atomic mass is 10.0. The zero-order valence-corrected chi connectivity index (χ0v) is 15.0. The lowest BCUT2D eigenvalue weighted by Gasteiger charge is -2.20. The molecule has 0 radical (unpaired) electrons. The van der Waals surface area contributed by atoms with Gasteiger partial charge in [-0.3, -0.25) is 0 Å². The van der Waals surface area contributed by atoms with E-state index in [1.807, 2.05) is 74.5 Å². The lowest BCUT2D eigenvalue weighted by molar-refractivity contribution is 0.0682. The third-order valence-corrected chi connectivity index (χ3v) is 7.32. The van der Waals surface area contributed by atoms with Crippen LogP contribution in [0.4, 0.5) is 0 Å². The predicted octanol–water partition coefficient (Wildman–Crippen LogP) is 4.33. The second-order valence-corrected chi connectivity index (χ2v) is 9.72. The van der Waals surface area contributed by atoms with Crippen LogP contribution in [0.2, 0.25) is 0 Å². The molecule has 2 rings (SSSR count). The van der Waals surface area contributed by atoms with Crippen LogP contribution >= 0.6 is 7.14 Å². The Morgan fingerprint density at radius 1 is 0.826 bits per heavy atom. The fourth-order valence-corrected chi connectivity index (χ4v) is 5.60. The molecule has 0 aromatic heterocycles. The van der Waals surface area contributed by atoms with Crippen LogP contribution in [0.3, 0.4) is 0 Å². The summed E-state index contributed by atoms with van der Waals surface area (Å²) in [5, 5.41) is 11.7. The van der Waals surface area contributed by atoms with Crippen molar-refractivity contribution in [2.75, 3.05) is 6.16 Å². The molecule has 0 heterocycles. The Morgan fingerprint density at radius 2 is 1.30 bits per heavy atom. The van der Waals surface area contributed by atoms with Crippen LogP contribution in [-0.2, 0) is 4.57 Å². The molecule has 3 heteroatoms. The molecule has 0 spiro atoms. The molecule has 23 heavy (non-hydrogen) atoms. The Morgan fingerprint density at radius 3 is 1.74 bits per heavy atom. The Labute approximate surface area is 139 Å². The summed E-state index contributed by atoms with van der Waals surface area (Å²) in [6.07, 6.45) is 4.35. The molecule has 0 saturated heterocycles. The van der Waals surface area contributed by atoms with E-state index in [0.29, 0.717) is 6.16 Å². The summed E-state index contributed by atoms with van der Waals surface area (Å²) >= 11 is 0. The first kappa shape index (κ1) is 18.0. The predicted molar refractivity (Wildman–Crippen MR) is 99.4 cm³/mol. The molecule has 2 aromatic rings. The van der Waals surface area contributed by atoms with Gasteiger partial charge in [-0.05, 0) is 26.7 Å². The molecule has 0 unspecified atom stereocenters. The highest BCUT2D eigenvalue weighted by Crippen LogP contribution is 2.44. The van der Waals surface area contributed by atoms with Gasteiger partial charge in [-0.25, -0.2) is 0 Å². The van der Waals surface area contributed by atoms with E-state index in [4.69, 9.17) is 0 Å². The Bertz CT molecular complexity index is 586. The van der Waals surface area contributed by atoms with Gasteiger partial charge in [0.05, 0.1) is 5.60 Å². The smallest absolute Gasteiger partial charge is 0.143 e. The molecule has 0 saturated carbocycles. The van der Waals surface area contributed by atoms with Gasteiger partial charge in [0.2, 0.25) is 0 Å². The van der Waals surface area contributed by atoms with Crippen molar-refractivity contribution < 1.29 is 9.67 Å². The van der Waals surface area contributed by atoms with Crippen LogP contribution in [0, 0.1) is 0 Å². The Kier molecular flexibility index (Phi) is 6.21. The zero-order chi connectivity index (χ0) is 16.8. The van der Waals surface area contributed by atoms with Crippen LogP contribution in [0.25, 0.3) is 0 Å². The first-order valence-corrected chi connectivity index (χ1v) is 10.2. The maximum absolute atomic E-state index is 13.7. The van der Waals surface area contributed by atoms with Gasteiger partial charge in [0.1, 0.15) is 7.14 Å². The van der Waals surface area contributed by atoms with Crippen molar-refractivity contribution in [2.24, 2.45) is 0 Å². The maximum Gasteiger partial charge on any atom is 0.143 e. The van der Waals surface area contributed by atoms with Gasteiger partial charge in [-0.15, -0.1) is 0 Å². The highest BCUT2D eigenvalue weighted by atomic mass is 31.2. The van der Waals surface area contributed by atoms with Gasteiger partial charge in [-0.2, -0.15) is 0 Å². The highest BCUT2D eigenvalue weighted by Gasteiger charge is 2.26. The standard InChI is InChI=1S/C20H27O2P/c1-20(2,21)16-10-5-11-17-23(22,18-12-6-3-7-13-18)19-14-8-4-9-15-19/h3-4,6-9,12-15,21H,5,10-11,16-17H2,1-2H3. The summed E-state index contributed by atoms with van der Waals surface area (Å²) in [5.41, 5.74) is -0.609. The highest BCUT2D eigenvalue weighted by molar-refractivity contribution is 7.78. The van der Waals surface area contributed by atoms with Gasteiger partial charge >= 0.3 is 0 Å². The molecule has 124 valence electrons. The monoisotopic (exact) mass is 330 g/mol. The van der Waals surface area contributed by atoms with Crippen LogP contribution < -0.4 is 10.6 Å². The summed E-state index contributed by atoms with van der Waals surface area (Å²) in [4.78, 5) is 0. The van der Waals surface area contributed by atoms with Crippen LogP contribution in [0.1, 0.15) is 39.5 Å². The number of rotatable bonds is 8. The van der Waals surface area contributed by atoms with E-state index in [1.165, 1.54) is 0 Å². The van der Waals surface area contributed by atoms with Crippen molar-refractivity contribution in [1.29, 1.82) is 0 Å². The molecule has 0 atom stereocenters. The molecule has 0 bridgehead atoms. The normalized spacial score (nSPS) is 12.3. The fraction of sp³-hybridized carbons (Fsp3) is 0.400. The minimum absolute atomic E-state index is 0.609. The molecular weight excluding hydrogens is 303 g/mol. The first-order chi connectivity index (χ1) is 10.9. The van der Waals surface area contributed by atoms with Crippen molar-refractivity contribution in [3.8, 4) is 0 Å². The fourth-order valence-electron chi connectivity index (χ4n) is 2.81. The largest absolute Gasteiger partial charge is 0.390 e. The molecular formula is C20H27O2P. The molecule has 0 aliphatic rings. The van der Waals surface area contributed by atoms with Gasteiger partial charge in [0.25, 0.3) is 0 Å². The average molecular weight is 330 g/mol. The molecule has 0 fully saturated rings. The summed E-state index contributed by atoms with van der Waals surface area (Å²) < 4.78 is 13.7. The first-order valence-electron chi connectivity index (χ1n) is 8.34. The van der Waals surface area contributed by atoms with Crippen molar-refractivity contribution in [3.05, 3.63) is 60.7 Å². The van der Waals surface area contributed by atoms with E-state index in [2.05, 4.69) is 0 Å². The third kappa shape index (κ3) is 5.34. The number of aliphatic hydroxyl groups is 1. The van der Waals surface area contributed by atoms with E-state index in [1.54, 1.807) is 0 Å². The summed E-state index contributed by atoms with van der Waals surface area (Å²) in [6.45, 7) is 3.68. The van der Waals surface area contributed by atoms with Gasteiger partial charge in [0, 0.05) is 16.8 Å². The topological polar surface area (TPSA) is 37.3 Å². The summed E-state index contributed by atoms with van der Waals surface area (Å²) in [5.74, 6) is 0. The Hall–Kier alpha value is -1.37. The number of hydrogen-bond acceptors (Lipinski definition) is 2. The van der Waals surface area contributed by atoms with E-state index in [0.717, 1.165) is 36.3 Å². The van der Waals surface area contributed by atoms with E-state index in [9.17, 15) is 9.67 Å². The molecule has 2 aromatic carbocycles. The minimum Gasteiger partial charge on any atom is -0.390 e. The lowest BCUT2D eigenvalue weighted by Crippen LogP contribution is -2.19. The second kappa shape index (κ2) is 7.95. The molecule has 0 aliphatic carbocycles. The second-order valence-electron chi connectivity index (χ2n) is 6.76. The average Bonchev–Trinajstić information content (AvgIpc) is 2.55. The number of benzene rings is 2. The van der Waals surface area contributed by atoms with Crippen molar-refractivity contribution >= 4 is 17.8 Å². The zero-order valence-electron chi connectivity index (χ0n) is 14.1. The number of hydrogen-bond donors (Lipinski definition) is 1. The third-order valence-electron chi connectivity index (χ3n) is 4.11.